The van der Waals surface area contributed by atoms with E-state index in [0.717, 1.165) is 11.3 Å². The Hall–Kier alpha value is -1.13. The van der Waals surface area contributed by atoms with Gasteiger partial charge in [-0.2, -0.15) is 0 Å². The zero-order chi connectivity index (χ0) is 12.1. The Balaban J connectivity index is 0.00000144. The molecule has 2 rings (SSSR count). The first kappa shape index (κ1) is 16.9. The van der Waals surface area contributed by atoms with Crippen molar-refractivity contribution >= 4 is 47.8 Å². The van der Waals surface area contributed by atoms with E-state index in [2.05, 4.69) is 13.8 Å². The van der Waals surface area contributed by atoms with E-state index in [9.17, 15) is 4.79 Å². The standard InChI is InChI=1S/C12H17N3O.2ClH/c1-7(16)15-6-12(2,3)8-4-9(13)10(14)5-11(8)15;;/h4-5H,6,13-14H2,1-3H3;2*1H. The molecule has 4 nitrogen and oxygen atoms in total. The summed E-state index contributed by atoms with van der Waals surface area (Å²) in [5, 5.41) is 0. The number of amides is 1. The highest BCUT2D eigenvalue weighted by Crippen LogP contribution is 2.43. The van der Waals surface area contributed by atoms with E-state index in [4.69, 9.17) is 11.5 Å². The van der Waals surface area contributed by atoms with Crippen LogP contribution in [0.2, 0.25) is 0 Å². The summed E-state index contributed by atoms with van der Waals surface area (Å²) >= 11 is 0. The lowest BCUT2D eigenvalue weighted by atomic mass is 9.86. The second-order valence-corrected chi connectivity index (χ2v) is 4.99. The Morgan fingerprint density at radius 3 is 2.22 bits per heavy atom. The Kier molecular flexibility index (Phi) is 4.91. The van der Waals surface area contributed by atoms with Gasteiger partial charge in [-0.1, -0.05) is 13.8 Å². The predicted octanol–water partition coefficient (Wildman–Crippen LogP) is 2.34. The Labute approximate surface area is 120 Å². The van der Waals surface area contributed by atoms with Crippen LogP contribution in [0.3, 0.4) is 0 Å². The lowest BCUT2D eigenvalue weighted by Crippen LogP contribution is -2.31. The maximum Gasteiger partial charge on any atom is 0.223 e. The van der Waals surface area contributed by atoms with Crippen LogP contribution < -0.4 is 16.4 Å². The minimum atomic E-state index is -0.0666. The SMILES string of the molecule is CC(=O)N1CC(C)(C)c2cc(N)c(N)cc21.Cl.Cl. The van der Waals surface area contributed by atoms with Gasteiger partial charge in [0.2, 0.25) is 5.91 Å². The molecule has 0 atom stereocenters. The number of nitrogens with two attached hydrogens (primary N) is 2. The lowest BCUT2D eigenvalue weighted by Gasteiger charge is -2.19. The highest BCUT2D eigenvalue weighted by atomic mass is 35.5. The van der Waals surface area contributed by atoms with Crippen LogP contribution in [-0.2, 0) is 10.2 Å². The number of anilines is 3. The molecule has 1 aliphatic heterocycles. The number of carbonyl (C=O) groups excluding carboxylic acids is 1. The molecule has 1 aliphatic rings. The number of rotatable bonds is 0. The summed E-state index contributed by atoms with van der Waals surface area (Å²) in [6.07, 6.45) is 0. The molecule has 0 radical (unpaired) electrons. The van der Waals surface area contributed by atoms with Crippen molar-refractivity contribution in [2.75, 3.05) is 22.9 Å². The van der Waals surface area contributed by atoms with Gasteiger partial charge in [0.1, 0.15) is 0 Å². The van der Waals surface area contributed by atoms with Crippen LogP contribution in [0.5, 0.6) is 0 Å². The summed E-state index contributed by atoms with van der Waals surface area (Å²) in [7, 11) is 0. The van der Waals surface area contributed by atoms with E-state index >= 15 is 0 Å². The minimum absolute atomic E-state index is 0. The van der Waals surface area contributed by atoms with Gasteiger partial charge in [-0.25, -0.2) is 0 Å². The van der Waals surface area contributed by atoms with E-state index in [1.54, 1.807) is 17.9 Å². The molecule has 0 unspecified atom stereocenters. The Morgan fingerprint density at radius 1 is 1.22 bits per heavy atom. The zero-order valence-corrected chi connectivity index (χ0v) is 12.3. The monoisotopic (exact) mass is 291 g/mol. The fourth-order valence-corrected chi connectivity index (χ4v) is 2.23. The van der Waals surface area contributed by atoms with Crippen LogP contribution in [0.25, 0.3) is 0 Å². The Morgan fingerprint density at radius 2 is 1.72 bits per heavy atom. The molecule has 0 fully saturated rings. The maximum atomic E-state index is 11.5. The number of fused-ring (bicyclic) bond motifs is 1. The maximum absolute atomic E-state index is 11.5. The number of nitrogen functional groups attached to an aromatic ring is 2. The number of nitrogens with zero attached hydrogens (tertiary/aromatic N) is 1. The predicted molar refractivity (Wildman–Crippen MR) is 80.8 cm³/mol. The normalized spacial score (nSPS) is 15.4. The molecule has 1 aromatic rings. The van der Waals surface area contributed by atoms with Gasteiger partial charge in [0.05, 0.1) is 11.4 Å². The first-order chi connectivity index (χ1) is 7.33. The number of carbonyl (C=O) groups is 1. The van der Waals surface area contributed by atoms with Crippen LogP contribution in [0, 0.1) is 0 Å². The molecule has 1 amide bonds. The lowest BCUT2D eigenvalue weighted by molar-refractivity contribution is -0.116. The summed E-state index contributed by atoms with van der Waals surface area (Å²) in [4.78, 5) is 13.3. The molecule has 6 heteroatoms. The molecule has 0 bridgehead atoms. The largest absolute Gasteiger partial charge is 0.397 e. The summed E-state index contributed by atoms with van der Waals surface area (Å²) in [5.41, 5.74) is 14.6. The van der Waals surface area contributed by atoms with Gasteiger partial charge in [-0.05, 0) is 17.7 Å². The number of halogens is 2. The van der Waals surface area contributed by atoms with Gasteiger partial charge in [-0.3, -0.25) is 4.79 Å². The molecular formula is C12H19Cl2N3O. The van der Waals surface area contributed by atoms with Crippen molar-refractivity contribution in [1.29, 1.82) is 0 Å². The first-order valence-electron chi connectivity index (χ1n) is 5.30. The highest BCUT2D eigenvalue weighted by Gasteiger charge is 2.37. The van der Waals surface area contributed by atoms with Gasteiger partial charge in [0.15, 0.2) is 0 Å². The van der Waals surface area contributed by atoms with Crippen LogP contribution >= 0.6 is 24.8 Å². The second-order valence-electron chi connectivity index (χ2n) is 4.99. The van der Waals surface area contributed by atoms with E-state index in [0.29, 0.717) is 17.9 Å². The molecule has 0 aromatic heterocycles. The average molecular weight is 292 g/mol. The molecular weight excluding hydrogens is 273 g/mol. The van der Waals surface area contributed by atoms with Crippen molar-refractivity contribution in [1.82, 2.24) is 0 Å². The molecule has 0 spiro atoms. The first-order valence-corrected chi connectivity index (χ1v) is 5.30. The molecule has 0 saturated carbocycles. The molecule has 4 N–H and O–H groups in total. The fourth-order valence-electron chi connectivity index (χ4n) is 2.23. The average Bonchev–Trinajstić information content (AvgIpc) is 2.41. The molecule has 1 heterocycles. The smallest absolute Gasteiger partial charge is 0.223 e. The van der Waals surface area contributed by atoms with E-state index in [1.807, 2.05) is 6.07 Å². The van der Waals surface area contributed by atoms with E-state index < -0.39 is 0 Å². The fraction of sp³-hybridized carbons (Fsp3) is 0.417. The van der Waals surface area contributed by atoms with Crippen molar-refractivity contribution in [3.63, 3.8) is 0 Å². The van der Waals surface area contributed by atoms with Crippen LogP contribution in [0.15, 0.2) is 12.1 Å². The summed E-state index contributed by atoms with van der Waals surface area (Å²) in [6, 6.07) is 3.68. The second kappa shape index (κ2) is 5.24. The third kappa shape index (κ3) is 2.49. The third-order valence-electron chi connectivity index (χ3n) is 3.15. The molecule has 0 aliphatic carbocycles. The van der Waals surface area contributed by atoms with E-state index in [-0.39, 0.29) is 36.1 Å². The number of hydrogen-bond donors (Lipinski definition) is 2. The summed E-state index contributed by atoms with van der Waals surface area (Å²) in [5.74, 6) is 0.0380. The van der Waals surface area contributed by atoms with E-state index in [1.165, 1.54) is 0 Å². The van der Waals surface area contributed by atoms with Crippen molar-refractivity contribution < 1.29 is 4.79 Å². The molecule has 102 valence electrons. The van der Waals surface area contributed by atoms with Gasteiger partial charge >= 0.3 is 0 Å². The highest BCUT2D eigenvalue weighted by molar-refractivity contribution is 5.96. The van der Waals surface area contributed by atoms with Crippen LogP contribution in [0.4, 0.5) is 17.1 Å². The number of hydrogen-bond acceptors (Lipinski definition) is 3. The topological polar surface area (TPSA) is 72.3 Å². The quantitative estimate of drug-likeness (QED) is 0.721. The molecule has 0 saturated heterocycles. The van der Waals surface area contributed by atoms with Crippen molar-refractivity contribution in [2.24, 2.45) is 0 Å². The van der Waals surface area contributed by atoms with Crippen LogP contribution in [-0.4, -0.2) is 12.5 Å². The van der Waals surface area contributed by atoms with Crippen molar-refractivity contribution in [3.8, 4) is 0 Å². The van der Waals surface area contributed by atoms with Crippen molar-refractivity contribution in [2.45, 2.75) is 26.2 Å². The number of benzene rings is 1. The van der Waals surface area contributed by atoms with Gasteiger partial charge in [0.25, 0.3) is 0 Å². The molecule has 1 aromatic carbocycles. The van der Waals surface area contributed by atoms with Crippen molar-refractivity contribution in [3.05, 3.63) is 17.7 Å². The summed E-state index contributed by atoms with van der Waals surface area (Å²) in [6.45, 7) is 6.45. The van der Waals surface area contributed by atoms with Gasteiger partial charge < -0.3 is 16.4 Å². The minimum Gasteiger partial charge on any atom is -0.397 e. The Bertz CT molecular complexity index is 475. The van der Waals surface area contributed by atoms with Crippen LogP contribution in [0.1, 0.15) is 26.3 Å². The van der Waals surface area contributed by atoms with Gasteiger partial charge in [0, 0.05) is 24.6 Å². The summed E-state index contributed by atoms with van der Waals surface area (Å²) < 4.78 is 0. The van der Waals surface area contributed by atoms with Gasteiger partial charge in [-0.15, -0.1) is 24.8 Å². The zero-order valence-electron chi connectivity index (χ0n) is 10.7. The molecule has 18 heavy (non-hydrogen) atoms. The third-order valence-corrected chi connectivity index (χ3v) is 3.15.